The van der Waals surface area contributed by atoms with Gasteiger partial charge in [-0.2, -0.15) is 0 Å². The predicted molar refractivity (Wildman–Crippen MR) is 129 cm³/mol. The molecule has 196 valence electrons. The Labute approximate surface area is 211 Å². The molecule has 1 aromatic heterocycles. The molecule has 1 saturated heterocycles. The van der Waals surface area contributed by atoms with Crippen LogP contribution in [0, 0.1) is 0 Å². The molecule has 0 radical (unpaired) electrons. The quantitative estimate of drug-likeness (QED) is 0.345. The number of carboxylic acid groups (broad SMARTS) is 2. The van der Waals surface area contributed by atoms with E-state index in [2.05, 4.69) is 14.7 Å². The van der Waals surface area contributed by atoms with E-state index in [1.807, 2.05) is 0 Å². The SMILES string of the molecule is CC1(S(=O)(=O)c2ccc(Oc3ccc(NS(C)(=O)=O)cc3)cc2)CO1.O=C(O)c1cc(C(=O)O)ncn1. The molecule has 3 N–H and O–H groups in total. The minimum Gasteiger partial charge on any atom is -0.477 e. The van der Waals surface area contributed by atoms with Crippen LogP contribution in [0.1, 0.15) is 27.9 Å². The monoisotopic (exact) mass is 551 g/mol. The van der Waals surface area contributed by atoms with Crippen molar-refractivity contribution < 1.29 is 46.1 Å². The standard InChI is InChI=1S/C16H17NO6S2.C6H4N2O4/c1-16(11-22-16)25(20,21)15-9-7-14(8-10-15)23-13-5-3-12(4-6-13)17-24(2,18)19;9-5(10)3-1-4(6(11)12)8-2-7-3/h3-10,17H,11H2,1-2H3;1-2H,(H,9,10)(H,11,12). The van der Waals surface area contributed by atoms with Gasteiger partial charge in [0.05, 0.1) is 17.8 Å². The van der Waals surface area contributed by atoms with Gasteiger partial charge in [0.25, 0.3) is 0 Å². The summed E-state index contributed by atoms with van der Waals surface area (Å²) >= 11 is 0. The van der Waals surface area contributed by atoms with Crippen molar-refractivity contribution in [2.45, 2.75) is 16.8 Å². The summed E-state index contributed by atoms with van der Waals surface area (Å²) in [5.74, 6) is -1.60. The van der Waals surface area contributed by atoms with E-state index in [4.69, 9.17) is 19.7 Å². The van der Waals surface area contributed by atoms with Gasteiger partial charge in [0.2, 0.25) is 19.9 Å². The lowest BCUT2D eigenvalue weighted by Crippen LogP contribution is -2.20. The maximum absolute atomic E-state index is 12.3. The molecule has 0 spiro atoms. The zero-order chi connectivity index (χ0) is 27.4. The highest BCUT2D eigenvalue weighted by atomic mass is 32.2. The number of aromatic carboxylic acids is 2. The largest absolute Gasteiger partial charge is 0.477 e. The number of sulfone groups is 1. The number of aromatic nitrogens is 2. The van der Waals surface area contributed by atoms with E-state index in [9.17, 15) is 26.4 Å². The van der Waals surface area contributed by atoms with E-state index >= 15 is 0 Å². The summed E-state index contributed by atoms with van der Waals surface area (Å²) < 4.78 is 60.0. The fourth-order valence-corrected chi connectivity index (χ4v) is 4.65. The van der Waals surface area contributed by atoms with Gasteiger partial charge >= 0.3 is 11.9 Å². The third kappa shape index (κ3) is 7.22. The Balaban J connectivity index is 0.000000266. The lowest BCUT2D eigenvalue weighted by molar-refractivity contribution is 0.0689. The van der Waals surface area contributed by atoms with Crippen molar-refractivity contribution in [1.29, 1.82) is 0 Å². The average Bonchev–Trinajstić information content (AvgIpc) is 3.59. The third-order valence-electron chi connectivity index (χ3n) is 4.75. The summed E-state index contributed by atoms with van der Waals surface area (Å²) in [7, 11) is -6.85. The summed E-state index contributed by atoms with van der Waals surface area (Å²) in [5, 5.41) is 16.8. The molecule has 4 rings (SSSR count). The number of carboxylic acids is 2. The molecule has 0 amide bonds. The Morgan fingerprint density at radius 2 is 1.38 bits per heavy atom. The van der Waals surface area contributed by atoms with Crippen LogP contribution in [0.3, 0.4) is 0 Å². The summed E-state index contributed by atoms with van der Waals surface area (Å²) in [6.45, 7) is 1.74. The van der Waals surface area contributed by atoms with Crippen LogP contribution in [0.5, 0.6) is 11.5 Å². The van der Waals surface area contributed by atoms with Crippen LogP contribution in [0.4, 0.5) is 5.69 Å². The molecule has 1 fully saturated rings. The van der Waals surface area contributed by atoms with Crippen LogP contribution in [0.25, 0.3) is 0 Å². The predicted octanol–water partition coefficient (Wildman–Crippen LogP) is 2.24. The molecule has 1 aliphatic rings. The number of hydrogen-bond acceptors (Lipinski definition) is 10. The normalized spacial score (nSPS) is 16.6. The van der Waals surface area contributed by atoms with E-state index in [0.717, 1.165) is 18.6 Å². The van der Waals surface area contributed by atoms with E-state index in [1.165, 1.54) is 12.1 Å². The van der Waals surface area contributed by atoms with Crippen molar-refractivity contribution >= 4 is 37.5 Å². The maximum atomic E-state index is 12.3. The maximum Gasteiger partial charge on any atom is 0.354 e. The molecule has 1 atom stereocenters. The minimum atomic E-state index is -3.52. The first-order valence-corrected chi connectivity index (χ1v) is 13.6. The van der Waals surface area contributed by atoms with Crippen molar-refractivity contribution in [3.05, 3.63) is 72.3 Å². The number of nitrogens with zero attached hydrogens (tertiary/aromatic N) is 2. The van der Waals surface area contributed by atoms with Gasteiger partial charge in [0.1, 0.15) is 17.8 Å². The Morgan fingerprint density at radius 3 is 1.78 bits per heavy atom. The smallest absolute Gasteiger partial charge is 0.354 e. The molecule has 1 aliphatic heterocycles. The second-order valence-corrected chi connectivity index (χ2v) is 11.9. The molecular weight excluding hydrogens is 530 g/mol. The summed E-state index contributed by atoms with van der Waals surface area (Å²) in [6.07, 6.45) is 1.97. The second-order valence-electron chi connectivity index (χ2n) is 7.80. The summed E-state index contributed by atoms with van der Waals surface area (Å²) in [5.41, 5.74) is -0.237. The number of anilines is 1. The second kappa shape index (κ2) is 10.5. The van der Waals surface area contributed by atoms with Gasteiger partial charge in [-0.05, 0) is 55.5 Å². The number of nitrogens with one attached hydrogen (secondary N) is 1. The highest BCUT2D eigenvalue weighted by Gasteiger charge is 2.53. The molecular formula is C22H21N3O10S2. The van der Waals surface area contributed by atoms with E-state index in [0.29, 0.717) is 17.2 Å². The Kier molecular flexibility index (Phi) is 7.80. The fraction of sp³-hybridized carbons (Fsp3) is 0.182. The summed E-state index contributed by atoms with van der Waals surface area (Å²) in [4.78, 5) is 26.3. The fourth-order valence-electron chi connectivity index (χ4n) is 2.73. The Bertz CT molecular complexity index is 1490. The van der Waals surface area contributed by atoms with Gasteiger partial charge < -0.3 is 19.7 Å². The van der Waals surface area contributed by atoms with Crippen LogP contribution in [-0.2, 0) is 24.6 Å². The molecule has 1 unspecified atom stereocenters. The molecule has 3 aromatic rings. The van der Waals surface area contributed by atoms with Crippen molar-refractivity contribution in [2.75, 3.05) is 17.6 Å². The first kappa shape index (κ1) is 27.5. The van der Waals surface area contributed by atoms with Gasteiger partial charge in [-0.25, -0.2) is 36.4 Å². The van der Waals surface area contributed by atoms with Gasteiger partial charge in [0.15, 0.2) is 16.3 Å². The molecule has 15 heteroatoms. The number of epoxide rings is 1. The van der Waals surface area contributed by atoms with Gasteiger partial charge in [-0.1, -0.05) is 0 Å². The van der Waals surface area contributed by atoms with Crippen LogP contribution < -0.4 is 9.46 Å². The van der Waals surface area contributed by atoms with Gasteiger partial charge in [0, 0.05) is 11.8 Å². The molecule has 2 aromatic carbocycles. The van der Waals surface area contributed by atoms with Crippen LogP contribution in [0.15, 0.2) is 65.8 Å². The van der Waals surface area contributed by atoms with E-state index in [-0.39, 0.29) is 22.9 Å². The van der Waals surface area contributed by atoms with E-state index < -0.39 is 36.7 Å². The van der Waals surface area contributed by atoms with Crippen LogP contribution in [0.2, 0.25) is 0 Å². The highest BCUT2D eigenvalue weighted by Crippen LogP contribution is 2.38. The lowest BCUT2D eigenvalue weighted by Gasteiger charge is -2.10. The Morgan fingerprint density at radius 1 is 0.919 bits per heavy atom. The van der Waals surface area contributed by atoms with Crippen molar-refractivity contribution in [3.63, 3.8) is 0 Å². The average molecular weight is 552 g/mol. The number of sulfonamides is 1. The number of hydrogen-bond donors (Lipinski definition) is 3. The third-order valence-corrected chi connectivity index (χ3v) is 7.62. The number of benzene rings is 2. The van der Waals surface area contributed by atoms with Gasteiger partial charge in [-0.3, -0.25) is 4.72 Å². The van der Waals surface area contributed by atoms with Crippen LogP contribution in [-0.4, -0.2) is 66.8 Å². The topological polar surface area (TPSA) is 202 Å². The Hall–Kier alpha value is -4.08. The zero-order valence-corrected chi connectivity index (χ0v) is 21.0. The van der Waals surface area contributed by atoms with Crippen molar-refractivity contribution in [2.24, 2.45) is 0 Å². The number of rotatable bonds is 8. The van der Waals surface area contributed by atoms with Gasteiger partial charge in [-0.15, -0.1) is 0 Å². The zero-order valence-electron chi connectivity index (χ0n) is 19.4. The molecule has 0 aliphatic carbocycles. The lowest BCUT2D eigenvalue weighted by atomic mass is 10.3. The van der Waals surface area contributed by atoms with Crippen LogP contribution >= 0.6 is 0 Å². The first-order chi connectivity index (χ1) is 17.2. The minimum absolute atomic E-state index is 0.174. The van der Waals surface area contributed by atoms with Crippen molar-refractivity contribution in [3.8, 4) is 11.5 Å². The highest BCUT2D eigenvalue weighted by molar-refractivity contribution is 7.93. The molecule has 37 heavy (non-hydrogen) atoms. The van der Waals surface area contributed by atoms with Crippen molar-refractivity contribution in [1.82, 2.24) is 9.97 Å². The van der Waals surface area contributed by atoms with E-state index in [1.54, 1.807) is 43.3 Å². The molecule has 13 nitrogen and oxygen atoms in total. The summed E-state index contributed by atoms with van der Waals surface area (Å²) in [6, 6.07) is 13.3. The number of carbonyl (C=O) groups is 2. The first-order valence-electron chi connectivity index (χ1n) is 10.2. The molecule has 0 bridgehead atoms. The molecule has 0 saturated carbocycles. The number of ether oxygens (including phenoxy) is 2. The molecule has 2 heterocycles.